The maximum atomic E-state index is 6.85. The number of nitrogens with zero attached hydrogens (tertiary/aromatic N) is 2. The van der Waals surface area contributed by atoms with Gasteiger partial charge in [-0.2, -0.15) is 0 Å². The van der Waals surface area contributed by atoms with Gasteiger partial charge in [-0.05, 0) is 105 Å². The minimum Gasteiger partial charge on any atom is -0.455 e. The van der Waals surface area contributed by atoms with Gasteiger partial charge in [-0.3, -0.25) is 0 Å². The molecule has 14 rings (SSSR count). The van der Waals surface area contributed by atoms with Gasteiger partial charge in [0.15, 0.2) is 0 Å². The van der Waals surface area contributed by atoms with E-state index in [1.165, 1.54) is 44.5 Å². The topological polar surface area (TPSA) is 21.3 Å². The third kappa shape index (κ3) is 4.65. The van der Waals surface area contributed by atoms with Crippen molar-refractivity contribution in [2.45, 2.75) is 5.41 Å². The summed E-state index contributed by atoms with van der Waals surface area (Å²) >= 11 is 0. The molecule has 0 radical (unpaired) electrons. The standard InChI is InChI=1S/C61H38N2O/c1-3-18-39(19-4-1)42-22-10-15-31-53(42)63(55-32-17-30-52-58(55)47-26-9-14-29-51(47)61(52)49-27-12-7-23-43(49)44-24-8-13-28-50(44)61)41-34-36-54-48(38-41)59-56(62(54)40-20-5-2-6-21-40)37-35-46-45-25-11-16-33-57(45)64-60(46)59/h1-38H. The van der Waals surface area contributed by atoms with Crippen LogP contribution in [-0.2, 0) is 5.41 Å². The minimum absolute atomic E-state index is 0.473. The quantitative estimate of drug-likeness (QED) is 0.173. The highest BCUT2D eigenvalue weighted by Gasteiger charge is 2.52. The van der Waals surface area contributed by atoms with E-state index in [0.717, 1.165) is 77.6 Å². The number of aromatic nitrogens is 1. The predicted octanol–water partition coefficient (Wildman–Crippen LogP) is 16.2. The molecule has 2 aromatic heterocycles. The van der Waals surface area contributed by atoms with E-state index in [1.54, 1.807) is 0 Å². The van der Waals surface area contributed by atoms with Gasteiger partial charge < -0.3 is 13.9 Å². The van der Waals surface area contributed by atoms with Gasteiger partial charge in [0.1, 0.15) is 11.2 Å². The van der Waals surface area contributed by atoms with Crippen LogP contribution in [0.5, 0.6) is 0 Å². The molecule has 10 aromatic carbocycles. The lowest BCUT2D eigenvalue weighted by Gasteiger charge is -2.32. The van der Waals surface area contributed by atoms with E-state index >= 15 is 0 Å². The summed E-state index contributed by atoms with van der Waals surface area (Å²) in [5, 5.41) is 4.47. The van der Waals surface area contributed by atoms with Crippen LogP contribution in [0.25, 0.3) is 82.8 Å². The number of hydrogen-bond acceptors (Lipinski definition) is 2. The van der Waals surface area contributed by atoms with Crippen LogP contribution in [0.4, 0.5) is 17.1 Å². The first-order valence-corrected chi connectivity index (χ1v) is 22.1. The van der Waals surface area contributed by atoms with Crippen LogP contribution in [0.3, 0.4) is 0 Å². The molecule has 0 fully saturated rings. The average molecular weight is 815 g/mol. The van der Waals surface area contributed by atoms with E-state index in [2.05, 4.69) is 240 Å². The first-order valence-electron chi connectivity index (χ1n) is 22.1. The van der Waals surface area contributed by atoms with E-state index in [9.17, 15) is 0 Å². The van der Waals surface area contributed by atoms with E-state index in [1.807, 2.05) is 0 Å². The Hall–Kier alpha value is -8.40. The number of hydrogen-bond donors (Lipinski definition) is 0. The summed E-state index contributed by atoms with van der Waals surface area (Å²) in [6.07, 6.45) is 0. The van der Waals surface area contributed by atoms with Crippen molar-refractivity contribution < 1.29 is 4.42 Å². The van der Waals surface area contributed by atoms with Crippen LogP contribution in [0.1, 0.15) is 22.3 Å². The maximum absolute atomic E-state index is 6.85. The number of furan rings is 1. The molecule has 0 aliphatic heterocycles. The number of anilines is 3. The van der Waals surface area contributed by atoms with Crippen LogP contribution in [0.15, 0.2) is 235 Å². The number of benzene rings is 10. The lowest BCUT2D eigenvalue weighted by Crippen LogP contribution is -2.26. The SMILES string of the molecule is c1ccc(-c2ccccc2N(c2ccc3c(c2)c2c4oc5ccccc5c4ccc2n3-c2ccccc2)c2cccc3c2-c2ccccc2C32c3ccccc3-c3ccccc32)cc1. The van der Waals surface area contributed by atoms with Crippen molar-refractivity contribution in [2.75, 3.05) is 4.90 Å². The van der Waals surface area contributed by atoms with Gasteiger partial charge in [0.25, 0.3) is 0 Å². The Morgan fingerprint density at radius 2 is 0.969 bits per heavy atom. The van der Waals surface area contributed by atoms with Crippen LogP contribution in [-0.4, -0.2) is 4.57 Å². The van der Waals surface area contributed by atoms with E-state index < -0.39 is 5.41 Å². The molecule has 2 aliphatic rings. The van der Waals surface area contributed by atoms with Gasteiger partial charge in [0, 0.05) is 38.7 Å². The molecule has 0 saturated heterocycles. The highest BCUT2D eigenvalue weighted by Crippen LogP contribution is 2.65. The molecular formula is C61H38N2O. The van der Waals surface area contributed by atoms with Gasteiger partial charge in [-0.25, -0.2) is 0 Å². The molecule has 1 spiro atoms. The zero-order chi connectivity index (χ0) is 41.9. The monoisotopic (exact) mass is 814 g/mol. The summed E-state index contributed by atoms with van der Waals surface area (Å²) in [5.41, 5.74) is 20.7. The average Bonchev–Trinajstić information content (AvgIpc) is 4.09. The summed E-state index contributed by atoms with van der Waals surface area (Å²) in [5.74, 6) is 0. The lowest BCUT2D eigenvalue weighted by atomic mass is 9.70. The normalized spacial score (nSPS) is 13.1. The van der Waals surface area contributed by atoms with Crippen molar-refractivity contribution in [1.29, 1.82) is 0 Å². The van der Waals surface area contributed by atoms with Crippen molar-refractivity contribution in [3.8, 4) is 39.1 Å². The van der Waals surface area contributed by atoms with E-state index in [0.29, 0.717) is 0 Å². The molecule has 2 heterocycles. The Morgan fingerprint density at radius 3 is 1.73 bits per heavy atom. The second-order valence-electron chi connectivity index (χ2n) is 17.1. The number of fused-ring (bicyclic) bond motifs is 17. The molecular weight excluding hydrogens is 777 g/mol. The predicted molar refractivity (Wildman–Crippen MR) is 264 cm³/mol. The summed E-state index contributed by atoms with van der Waals surface area (Å²) in [6.45, 7) is 0. The first kappa shape index (κ1) is 35.2. The third-order valence-corrected chi connectivity index (χ3v) is 14.0. The molecule has 298 valence electrons. The Bertz CT molecular complexity index is 3810. The molecule has 0 unspecified atom stereocenters. The Balaban J connectivity index is 1.11. The molecule has 0 bridgehead atoms. The van der Waals surface area contributed by atoms with Gasteiger partial charge in [0.05, 0.1) is 33.2 Å². The summed E-state index contributed by atoms with van der Waals surface area (Å²) in [4.78, 5) is 2.52. The fourth-order valence-electron chi connectivity index (χ4n) is 11.5. The molecule has 0 saturated carbocycles. The van der Waals surface area contributed by atoms with Crippen molar-refractivity contribution in [3.63, 3.8) is 0 Å². The zero-order valence-corrected chi connectivity index (χ0v) is 34.7. The fraction of sp³-hybridized carbons (Fsp3) is 0.0164. The second kappa shape index (κ2) is 13.3. The van der Waals surface area contributed by atoms with Gasteiger partial charge in [-0.15, -0.1) is 0 Å². The van der Waals surface area contributed by atoms with E-state index in [-0.39, 0.29) is 0 Å². The maximum Gasteiger partial charge on any atom is 0.145 e. The second-order valence-corrected chi connectivity index (χ2v) is 17.1. The summed E-state index contributed by atoms with van der Waals surface area (Å²) in [7, 11) is 0. The molecule has 12 aromatic rings. The van der Waals surface area contributed by atoms with Crippen LogP contribution >= 0.6 is 0 Å². The number of para-hydroxylation sites is 3. The highest BCUT2D eigenvalue weighted by atomic mass is 16.3. The zero-order valence-electron chi connectivity index (χ0n) is 34.7. The van der Waals surface area contributed by atoms with Crippen LogP contribution in [0.2, 0.25) is 0 Å². The minimum atomic E-state index is -0.473. The Kier molecular flexibility index (Phi) is 7.32. The largest absolute Gasteiger partial charge is 0.455 e. The van der Waals surface area contributed by atoms with Crippen LogP contribution < -0.4 is 4.90 Å². The smallest absolute Gasteiger partial charge is 0.145 e. The Labute approximate surface area is 370 Å². The molecule has 64 heavy (non-hydrogen) atoms. The molecule has 0 atom stereocenters. The van der Waals surface area contributed by atoms with E-state index in [4.69, 9.17) is 4.42 Å². The van der Waals surface area contributed by atoms with Crippen molar-refractivity contribution in [2.24, 2.45) is 0 Å². The number of rotatable bonds is 5. The third-order valence-electron chi connectivity index (χ3n) is 14.0. The van der Waals surface area contributed by atoms with Crippen molar-refractivity contribution >= 4 is 60.8 Å². The van der Waals surface area contributed by atoms with Gasteiger partial charge in [0.2, 0.25) is 0 Å². The summed E-state index contributed by atoms with van der Waals surface area (Å²) in [6, 6.07) is 84.5. The van der Waals surface area contributed by atoms with Crippen LogP contribution in [0, 0.1) is 0 Å². The van der Waals surface area contributed by atoms with Gasteiger partial charge in [-0.1, -0.05) is 170 Å². The molecule has 3 nitrogen and oxygen atoms in total. The highest BCUT2D eigenvalue weighted by molar-refractivity contribution is 6.24. The molecule has 2 aliphatic carbocycles. The fourth-order valence-corrected chi connectivity index (χ4v) is 11.5. The molecule has 0 amide bonds. The molecule has 3 heteroatoms. The first-order chi connectivity index (χ1) is 31.8. The molecule has 0 N–H and O–H groups in total. The van der Waals surface area contributed by atoms with Gasteiger partial charge >= 0.3 is 0 Å². The van der Waals surface area contributed by atoms with Crippen molar-refractivity contribution in [1.82, 2.24) is 4.57 Å². The van der Waals surface area contributed by atoms with Crippen molar-refractivity contribution in [3.05, 3.63) is 253 Å². The Morgan fingerprint density at radius 1 is 0.391 bits per heavy atom. The lowest BCUT2D eigenvalue weighted by molar-refractivity contribution is 0.673. The summed E-state index contributed by atoms with van der Waals surface area (Å²) < 4.78 is 9.24.